The highest BCUT2D eigenvalue weighted by Gasteiger charge is 2.24. The zero-order valence-corrected chi connectivity index (χ0v) is 10.2. The smallest absolute Gasteiger partial charge is 0.246 e. The molecule has 0 atom stereocenters. The van der Waals surface area contributed by atoms with E-state index < -0.39 is 10.0 Å². The standard InChI is InChI=1S/C9H13ClN2O2S/c1-3-12(4-2)15(13,14)9-7-11-6-5-8(9)10/h5-7H,3-4H2,1-2H3. The van der Waals surface area contributed by atoms with Gasteiger partial charge in [-0.05, 0) is 6.07 Å². The van der Waals surface area contributed by atoms with Crippen LogP contribution in [0.5, 0.6) is 0 Å². The Balaban J connectivity index is 3.23. The maximum Gasteiger partial charge on any atom is 0.246 e. The molecule has 0 bridgehead atoms. The molecule has 1 rings (SSSR count). The summed E-state index contributed by atoms with van der Waals surface area (Å²) in [6.45, 7) is 4.41. The molecule has 84 valence electrons. The summed E-state index contributed by atoms with van der Waals surface area (Å²) in [5.74, 6) is 0. The summed E-state index contributed by atoms with van der Waals surface area (Å²) in [7, 11) is -3.49. The second-order valence-corrected chi connectivity index (χ2v) is 5.21. The molecule has 0 unspecified atom stereocenters. The molecule has 0 fully saturated rings. The maximum atomic E-state index is 12.0. The Hall–Kier alpha value is -0.650. The van der Waals surface area contributed by atoms with Gasteiger partial charge in [0.15, 0.2) is 0 Å². The molecule has 1 aromatic heterocycles. The van der Waals surface area contributed by atoms with Crippen molar-refractivity contribution in [2.75, 3.05) is 13.1 Å². The van der Waals surface area contributed by atoms with Crippen molar-refractivity contribution in [1.82, 2.24) is 9.29 Å². The van der Waals surface area contributed by atoms with Crippen LogP contribution in [0.25, 0.3) is 0 Å². The van der Waals surface area contributed by atoms with E-state index in [2.05, 4.69) is 4.98 Å². The molecule has 0 spiro atoms. The monoisotopic (exact) mass is 248 g/mol. The Morgan fingerprint density at radius 3 is 2.47 bits per heavy atom. The summed E-state index contributed by atoms with van der Waals surface area (Å²) >= 11 is 5.82. The van der Waals surface area contributed by atoms with E-state index in [1.165, 1.54) is 22.8 Å². The van der Waals surface area contributed by atoms with Crippen LogP contribution in [0.3, 0.4) is 0 Å². The van der Waals surface area contributed by atoms with Crippen LogP contribution in [0.2, 0.25) is 5.02 Å². The van der Waals surface area contributed by atoms with E-state index in [0.29, 0.717) is 13.1 Å². The Morgan fingerprint density at radius 1 is 1.40 bits per heavy atom. The van der Waals surface area contributed by atoms with Crippen LogP contribution in [-0.2, 0) is 10.0 Å². The lowest BCUT2D eigenvalue weighted by Crippen LogP contribution is -2.30. The second-order valence-electron chi connectivity index (χ2n) is 2.90. The van der Waals surface area contributed by atoms with Crippen molar-refractivity contribution in [1.29, 1.82) is 0 Å². The van der Waals surface area contributed by atoms with Crippen LogP contribution >= 0.6 is 11.6 Å². The van der Waals surface area contributed by atoms with E-state index in [1.807, 2.05) is 0 Å². The van der Waals surface area contributed by atoms with Gasteiger partial charge in [0.05, 0.1) is 5.02 Å². The molecule has 0 saturated carbocycles. The fourth-order valence-electron chi connectivity index (χ4n) is 1.26. The van der Waals surface area contributed by atoms with Gasteiger partial charge in [-0.2, -0.15) is 4.31 Å². The average Bonchev–Trinajstić information content (AvgIpc) is 2.19. The van der Waals surface area contributed by atoms with Crippen molar-refractivity contribution < 1.29 is 8.42 Å². The van der Waals surface area contributed by atoms with Crippen molar-refractivity contribution in [2.45, 2.75) is 18.7 Å². The summed E-state index contributed by atoms with van der Waals surface area (Å²) in [5.41, 5.74) is 0. The molecular weight excluding hydrogens is 236 g/mol. The van der Waals surface area contributed by atoms with Gasteiger partial charge < -0.3 is 0 Å². The zero-order chi connectivity index (χ0) is 11.5. The van der Waals surface area contributed by atoms with Gasteiger partial charge in [-0.15, -0.1) is 0 Å². The van der Waals surface area contributed by atoms with E-state index in [4.69, 9.17) is 11.6 Å². The van der Waals surface area contributed by atoms with E-state index in [1.54, 1.807) is 13.8 Å². The van der Waals surface area contributed by atoms with Gasteiger partial charge in [-0.25, -0.2) is 8.42 Å². The predicted octanol–water partition coefficient (Wildman–Crippen LogP) is 1.77. The maximum absolute atomic E-state index is 12.0. The van der Waals surface area contributed by atoms with Crippen molar-refractivity contribution in [3.8, 4) is 0 Å². The van der Waals surface area contributed by atoms with Gasteiger partial charge in [-0.3, -0.25) is 4.98 Å². The van der Waals surface area contributed by atoms with Crippen molar-refractivity contribution in [3.63, 3.8) is 0 Å². The average molecular weight is 249 g/mol. The fourth-order valence-corrected chi connectivity index (χ4v) is 3.12. The van der Waals surface area contributed by atoms with Crippen molar-refractivity contribution in [3.05, 3.63) is 23.5 Å². The summed E-state index contributed by atoms with van der Waals surface area (Å²) < 4.78 is 25.4. The second kappa shape index (κ2) is 4.92. The summed E-state index contributed by atoms with van der Waals surface area (Å²) in [5, 5.41) is 0.205. The largest absolute Gasteiger partial charge is 0.263 e. The molecule has 6 heteroatoms. The minimum absolute atomic E-state index is 0.0652. The number of nitrogens with zero attached hydrogens (tertiary/aromatic N) is 2. The number of pyridine rings is 1. The molecule has 1 heterocycles. The van der Waals surface area contributed by atoms with E-state index in [0.717, 1.165) is 0 Å². The number of halogens is 1. The third kappa shape index (κ3) is 2.48. The quantitative estimate of drug-likeness (QED) is 0.816. The third-order valence-corrected chi connectivity index (χ3v) is 4.58. The molecule has 15 heavy (non-hydrogen) atoms. The van der Waals surface area contributed by atoms with Crippen LogP contribution in [-0.4, -0.2) is 30.8 Å². The first-order valence-corrected chi connectivity index (χ1v) is 6.45. The molecular formula is C9H13ClN2O2S. The topological polar surface area (TPSA) is 50.3 Å². The number of rotatable bonds is 4. The van der Waals surface area contributed by atoms with Crippen molar-refractivity contribution in [2.24, 2.45) is 0 Å². The highest BCUT2D eigenvalue weighted by molar-refractivity contribution is 7.89. The molecule has 0 radical (unpaired) electrons. The molecule has 4 nitrogen and oxygen atoms in total. The first-order valence-electron chi connectivity index (χ1n) is 4.63. The number of sulfonamides is 1. The third-order valence-electron chi connectivity index (χ3n) is 2.06. The Kier molecular flexibility index (Phi) is 4.07. The number of hydrogen-bond acceptors (Lipinski definition) is 3. The van der Waals surface area contributed by atoms with E-state index in [-0.39, 0.29) is 9.92 Å². The summed E-state index contributed by atoms with van der Waals surface area (Å²) in [6, 6.07) is 1.47. The highest BCUT2D eigenvalue weighted by Crippen LogP contribution is 2.22. The normalized spacial score (nSPS) is 12.0. The van der Waals surface area contributed by atoms with Gasteiger partial charge in [0.2, 0.25) is 10.0 Å². The lowest BCUT2D eigenvalue weighted by atomic mass is 10.5. The Bertz CT molecular complexity index is 429. The van der Waals surface area contributed by atoms with E-state index in [9.17, 15) is 8.42 Å². The number of aromatic nitrogens is 1. The van der Waals surface area contributed by atoms with Gasteiger partial charge in [0.25, 0.3) is 0 Å². The predicted molar refractivity (Wildman–Crippen MR) is 59.4 cm³/mol. The fraction of sp³-hybridized carbons (Fsp3) is 0.444. The molecule has 0 aliphatic rings. The van der Waals surface area contributed by atoms with Crippen LogP contribution in [0.4, 0.5) is 0 Å². The minimum atomic E-state index is -3.49. The molecule has 0 aromatic carbocycles. The van der Waals surface area contributed by atoms with Crippen LogP contribution in [0, 0.1) is 0 Å². The lowest BCUT2D eigenvalue weighted by molar-refractivity contribution is 0.445. The van der Waals surface area contributed by atoms with Crippen LogP contribution < -0.4 is 0 Å². The zero-order valence-electron chi connectivity index (χ0n) is 8.64. The molecule has 0 saturated heterocycles. The highest BCUT2D eigenvalue weighted by atomic mass is 35.5. The van der Waals surface area contributed by atoms with Crippen LogP contribution in [0.15, 0.2) is 23.4 Å². The van der Waals surface area contributed by atoms with E-state index >= 15 is 0 Å². The minimum Gasteiger partial charge on any atom is -0.263 e. The number of hydrogen-bond donors (Lipinski definition) is 0. The molecule has 1 aromatic rings. The van der Waals surface area contributed by atoms with Crippen molar-refractivity contribution >= 4 is 21.6 Å². The Labute approximate surface area is 94.9 Å². The summed E-state index contributed by atoms with van der Waals surface area (Å²) in [6.07, 6.45) is 2.74. The molecule has 0 amide bonds. The first-order chi connectivity index (χ1) is 7.04. The SMILES string of the molecule is CCN(CC)S(=O)(=O)c1cnccc1Cl. The van der Waals surface area contributed by atoms with Crippen LogP contribution in [0.1, 0.15) is 13.8 Å². The van der Waals surface area contributed by atoms with Gasteiger partial charge in [0, 0.05) is 25.5 Å². The van der Waals surface area contributed by atoms with Gasteiger partial charge in [0.1, 0.15) is 4.90 Å². The first kappa shape index (κ1) is 12.4. The molecule has 0 aliphatic heterocycles. The lowest BCUT2D eigenvalue weighted by Gasteiger charge is -2.18. The van der Waals surface area contributed by atoms with Gasteiger partial charge >= 0.3 is 0 Å². The molecule has 0 aliphatic carbocycles. The molecule has 0 N–H and O–H groups in total. The Morgan fingerprint density at radius 2 is 2.00 bits per heavy atom. The van der Waals surface area contributed by atoms with Gasteiger partial charge in [-0.1, -0.05) is 25.4 Å². The summed E-state index contributed by atoms with van der Waals surface area (Å²) in [4.78, 5) is 3.84.